The Balaban J connectivity index is 3.41. The lowest BCUT2D eigenvalue weighted by molar-refractivity contribution is -0.138. The third-order valence-corrected chi connectivity index (χ3v) is 2.62. The number of halogens is 1. The SMILES string of the molecule is COc1c(F)cc(C(CN)C(=O)O)c(C)c1O. The molecule has 0 spiro atoms. The molecule has 0 saturated heterocycles. The molecule has 0 amide bonds. The van der Waals surface area contributed by atoms with E-state index in [0.29, 0.717) is 0 Å². The van der Waals surface area contributed by atoms with Gasteiger partial charge in [0.1, 0.15) is 0 Å². The Morgan fingerprint density at radius 1 is 1.65 bits per heavy atom. The molecule has 0 aliphatic heterocycles. The summed E-state index contributed by atoms with van der Waals surface area (Å²) < 4.78 is 18.2. The number of hydrogen-bond donors (Lipinski definition) is 3. The molecule has 4 N–H and O–H groups in total. The maximum absolute atomic E-state index is 13.5. The smallest absolute Gasteiger partial charge is 0.312 e. The van der Waals surface area contributed by atoms with Gasteiger partial charge in [0.15, 0.2) is 17.3 Å². The summed E-state index contributed by atoms with van der Waals surface area (Å²) in [4.78, 5) is 10.9. The van der Waals surface area contributed by atoms with E-state index in [4.69, 9.17) is 10.8 Å². The lowest BCUT2D eigenvalue weighted by atomic mass is 9.94. The zero-order valence-corrected chi connectivity index (χ0v) is 9.53. The van der Waals surface area contributed by atoms with Gasteiger partial charge in [0.25, 0.3) is 0 Å². The number of hydrogen-bond acceptors (Lipinski definition) is 4. The summed E-state index contributed by atoms with van der Waals surface area (Å²) in [5, 5.41) is 18.6. The van der Waals surface area contributed by atoms with E-state index in [0.717, 1.165) is 6.07 Å². The summed E-state index contributed by atoms with van der Waals surface area (Å²) in [6, 6.07) is 1.03. The summed E-state index contributed by atoms with van der Waals surface area (Å²) in [6.45, 7) is 1.31. The van der Waals surface area contributed by atoms with Crippen LogP contribution >= 0.6 is 0 Å². The molecule has 1 aromatic carbocycles. The first-order chi connectivity index (χ1) is 7.93. The molecule has 17 heavy (non-hydrogen) atoms. The quantitative estimate of drug-likeness (QED) is 0.732. The van der Waals surface area contributed by atoms with Crippen LogP contribution < -0.4 is 10.5 Å². The number of rotatable bonds is 4. The predicted molar refractivity (Wildman–Crippen MR) is 58.8 cm³/mol. The van der Waals surface area contributed by atoms with Crippen LogP contribution in [0, 0.1) is 12.7 Å². The number of nitrogens with two attached hydrogens (primary N) is 1. The molecule has 1 unspecified atom stereocenters. The van der Waals surface area contributed by atoms with Crippen LogP contribution in [0.5, 0.6) is 11.5 Å². The van der Waals surface area contributed by atoms with E-state index in [2.05, 4.69) is 4.74 Å². The van der Waals surface area contributed by atoms with Crippen molar-refractivity contribution in [2.24, 2.45) is 5.73 Å². The molecular weight excluding hydrogens is 229 g/mol. The van der Waals surface area contributed by atoms with Gasteiger partial charge in [0.05, 0.1) is 13.0 Å². The van der Waals surface area contributed by atoms with Gasteiger partial charge in [0.2, 0.25) is 0 Å². The van der Waals surface area contributed by atoms with Crippen LogP contribution in [0.4, 0.5) is 4.39 Å². The summed E-state index contributed by atoms with van der Waals surface area (Å²) in [6.07, 6.45) is 0. The number of carboxylic acid groups (broad SMARTS) is 1. The van der Waals surface area contributed by atoms with Crippen LogP contribution in [-0.4, -0.2) is 29.8 Å². The topological polar surface area (TPSA) is 92.8 Å². The Bertz CT molecular complexity index is 448. The average molecular weight is 243 g/mol. The Morgan fingerprint density at radius 3 is 2.65 bits per heavy atom. The number of phenolic OH excluding ortho intramolecular Hbond substituents is 1. The molecule has 1 aromatic rings. The highest BCUT2D eigenvalue weighted by atomic mass is 19.1. The van der Waals surface area contributed by atoms with E-state index in [9.17, 15) is 14.3 Å². The fourth-order valence-electron chi connectivity index (χ4n) is 1.65. The molecule has 0 aliphatic rings. The van der Waals surface area contributed by atoms with Crippen molar-refractivity contribution in [2.45, 2.75) is 12.8 Å². The van der Waals surface area contributed by atoms with Gasteiger partial charge in [-0.1, -0.05) is 0 Å². The predicted octanol–water partition coefficient (Wildman–Crippen LogP) is 0.975. The van der Waals surface area contributed by atoms with Crippen molar-refractivity contribution in [3.8, 4) is 11.5 Å². The van der Waals surface area contributed by atoms with Crippen molar-refractivity contribution >= 4 is 5.97 Å². The van der Waals surface area contributed by atoms with E-state index in [1.807, 2.05) is 0 Å². The molecule has 6 heteroatoms. The molecule has 0 fully saturated rings. The second-order valence-corrected chi connectivity index (χ2v) is 3.58. The minimum Gasteiger partial charge on any atom is -0.504 e. The van der Waals surface area contributed by atoms with Crippen LogP contribution in [0.3, 0.4) is 0 Å². The van der Waals surface area contributed by atoms with Crippen molar-refractivity contribution in [1.82, 2.24) is 0 Å². The van der Waals surface area contributed by atoms with E-state index >= 15 is 0 Å². The van der Waals surface area contributed by atoms with Gasteiger partial charge in [-0.15, -0.1) is 0 Å². The Hall–Kier alpha value is -1.82. The van der Waals surface area contributed by atoms with E-state index in [-0.39, 0.29) is 23.4 Å². The number of methoxy groups -OCH3 is 1. The van der Waals surface area contributed by atoms with Crippen LogP contribution in [0.2, 0.25) is 0 Å². The van der Waals surface area contributed by atoms with E-state index < -0.39 is 23.5 Å². The number of carboxylic acids is 1. The third kappa shape index (κ3) is 2.31. The summed E-state index contributed by atoms with van der Waals surface area (Å²) in [5.41, 5.74) is 5.73. The molecule has 1 atom stereocenters. The maximum Gasteiger partial charge on any atom is 0.312 e. The van der Waals surface area contributed by atoms with Gasteiger partial charge < -0.3 is 20.7 Å². The zero-order valence-electron chi connectivity index (χ0n) is 9.53. The average Bonchev–Trinajstić information content (AvgIpc) is 2.26. The van der Waals surface area contributed by atoms with E-state index in [1.165, 1.54) is 14.0 Å². The molecule has 0 saturated carbocycles. The minimum absolute atomic E-state index is 0.149. The van der Waals surface area contributed by atoms with Gasteiger partial charge in [-0.2, -0.15) is 0 Å². The van der Waals surface area contributed by atoms with Crippen molar-refractivity contribution in [1.29, 1.82) is 0 Å². The van der Waals surface area contributed by atoms with Gasteiger partial charge in [-0.3, -0.25) is 4.79 Å². The van der Waals surface area contributed by atoms with E-state index in [1.54, 1.807) is 0 Å². The molecule has 1 rings (SSSR count). The second kappa shape index (κ2) is 5.01. The number of aliphatic carboxylic acids is 1. The molecule has 0 heterocycles. The highest BCUT2D eigenvalue weighted by Crippen LogP contribution is 2.37. The molecule has 5 nitrogen and oxygen atoms in total. The minimum atomic E-state index is -1.17. The summed E-state index contributed by atoms with van der Waals surface area (Å²) >= 11 is 0. The number of carbonyl (C=O) groups is 1. The monoisotopic (exact) mass is 243 g/mol. The zero-order chi connectivity index (χ0) is 13.2. The van der Waals surface area contributed by atoms with Crippen LogP contribution in [0.1, 0.15) is 17.0 Å². The number of phenols is 1. The lowest BCUT2D eigenvalue weighted by Gasteiger charge is -2.16. The maximum atomic E-state index is 13.5. The second-order valence-electron chi connectivity index (χ2n) is 3.58. The van der Waals surface area contributed by atoms with Gasteiger partial charge in [0, 0.05) is 6.54 Å². The molecule has 0 bridgehead atoms. The van der Waals surface area contributed by atoms with Crippen molar-refractivity contribution < 1.29 is 24.1 Å². The Kier molecular flexibility index (Phi) is 3.90. The molecular formula is C11H14FNO4. The van der Waals surface area contributed by atoms with Gasteiger partial charge in [-0.05, 0) is 24.1 Å². The fourth-order valence-corrected chi connectivity index (χ4v) is 1.65. The van der Waals surface area contributed by atoms with Crippen LogP contribution in [-0.2, 0) is 4.79 Å². The number of ether oxygens (including phenoxy) is 1. The van der Waals surface area contributed by atoms with Crippen LogP contribution in [0.15, 0.2) is 6.07 Å². The Labute approximate surface area is 97.6 Å². The molecule has 0 aliphatic carbocycles. The summed E-state index contributed by atoms with van der Waals surface area (Å²) in [7, 11) is 1.22. The van der Waals surface area contributed by atoms with Crippen molar-refractivity contribution in [3.63, 3.8) is 0 Å². The normalized spacial score (nSPS) is 12.2. The fraction of sp³-hybridized carbons (Fsp3) is 0.364. The highest BCUT2D eigenvalue weighted by Gasteiger charge is 2.25. The standard InChI is InChI=1S/C11H14FNO4/c1-5-6(7(4-13)11(15)16)3-8(12)10(17-2)9(5)14/h3,7,14H,4,13H2,1-2H3,(H,15,16). The molecule has 0 aromatic heterocycles. The molecule has 0 radical (unpaired) electrons. The highest BCUT2D eigenvalue weighted by molar-refractivity contribution is 5.77. The van der Waals surface area contributed by atoms with Gasteiger partial charge >= 0.3 is 5.97 Å². The van der Waals surface area contributed by atoms with Crippen molar-refractivity contribution in [2.75, 3.05) is 13.7 Å². The number of aromatic hydroxyl groups is 1. The first-order valence-corrected chi connectivity index (χ1v) is 4.92. The first kappa shape index (κ1) is 13.2. The largest absolute Gasteiger partial charge is 0.504 e. The van der Waals surface area contributed by atoms with Gasteiger partial charge in [-0.25, -0.2) is 4.39 Å². The lowest BCUT2D eigenvalue weighted by Crippen LogP contribution is -2.22. The third-order valence-electron chi connectivity index (χ3n) is 2.62. The Morgan fingerprint density at radius 2 is 2.24 bits per heavy atom. The number of benzene rings is 1. The van der Waals surface area contributed by atoms with Crippen molar-refractivity contribution in [3.05, 3.63) is 23.0 Å². The van der Waals surface area contributed by atoms with Crippen LogP contribution in [0.25, 0.3) is 0 Å². The molecule has 94 valence electrons. The summed E-state index contributed by atoms with van der Waals surface area (Å²) in [5.74, 6) is -3.74. The first-order valence-electron chi connectivity index (χ1n) is 4.92.